The molecule has 4 rings (SSSR count). The number of amides is 1. The molecule has 7 heteroatoms. The summed E-state index contributed by atoms with van der Waals surface area (Å²) < 4.78 is 5.10. The van der Waals surface area contributed by atoms with E-state index < -0.39 is 0 Å². The third-order valence-corrected chi connectivity index (χ3v) is 7.95. The highest BCUT2D eigenvalue weighted by Crippen LogP contribution is 2.50. The highest BCUT2D eigenvalue weighted by atomic mass is 32.2. The van der Waals surface area contributed by atoms with Crippen LogP contribution in [0.25, 0.3) is 21.8 Å². The van der Waals surface area contributed by atoms with E-state index in [1.807, 2.05) is 23.9 Å². The number of aromatic nitrogens is 1. The molecule has 0 spiro atoms. The Morgan fingerprint density at radius 3 is 2.67 bits per heavy atom. The van der Waals surface area contributed by atoms with Gasteiger partial charge >= 0.3 is 0 Å². The van der Waals surface area contributed by atoms with Crippen molar-refractivity contribution in [3.8, 4) is 21.8 Å². The van der Waals surface area contributed by atoms with E-state index >= 15 is 0 Å². The van der Waals surface area contributed by atoms with E-state index in [0.29, 0.717) is 6.42 Å². The Kier molecular flexibility index (Phi) is 5.33. The molecule has 5 nitrogen and oxygen atoms in total. The summed E-state index contributed by atoms with van der Waals surface area (Å²) in [5.74, 6) is 1.47. The summed E-state index contributed by atoms with van der Waals surface area (Å²) in [7, 11) is 0. The van der Waals surface area contributed by atoms with Crippen molar-refractivity contribution in [1.29, 1.82) is 0 Å². The van der Waals surface area contributed by atoms with Gasteiger partial charge in [-0.1, -0.05) is 30.7 Å². The first kappa shape index (κ1) is 18.3. The quantitative estimate of drug-likeness (QED) is 0.461. The zero-order valence-corrected chi connectivity index (χ0v) is 16.3. The number of nitrogens with zero attached hydrogens (tertiary/aromatic N) is 1. The Labute approximate surface area is 165 Å². The summed E-state index contributed by atoms with van der Waals surface area (Å²) in [6.07, 6.45) is 6.67. The fraction of sp³-hybridized carbons (Fsp3) is 0.300. The van der Waals surface area contributed by atoms with Gasteiger partial charge in [0.2, 0.25) is 5.91 Å². The maximum Gasteiger partial charge on any atom is 0.245 e. The lowest BCUT2D eigenvalue weighted by atomic mass is 9.94. The van der Waals surface area contributed by atoms with Gasteiger partial charge in [0, 0.05) is 21.7 Å². The minimum atomic E-state index is -0.323. The predicted molar refractivity (Wildman–Crippen MR) is 108 cm³/mol. The Hall–Kier alpha value is -2.09. The molecule has 3 heterocycles. The normalized spacial score (nSPS) is 19.7. The van der Waals surface area contributed by atoms with Crippen LogP contribution in [-0.2, 0) is 9.54 Å². The van der Waals surface area contributed by atoms with Crippen LogP contribution in [0, 0.1) is 0 Å². The summed E-state index contributed by atoms with van der Waals surface area (Å²) in [6.45, 7) is 0. The lowest BCUT2D eigenvalue weighted by molar-refractivity contribution is -0.129. The van der Waals surface area contributed by atoms with Crippen LogP contribution >= 0.6 is 23.1 Å². The molecule has 140 valence electrons. The second-order valence-electron chi connectivity index (χ2n) is 6.62. The first-order valence-corrected chi connectivity index (χ1v) is 10.7. The molecule has 1 amide bonds. The zero-order valence-electron chi connectivity index (χ0n) is 14.7. The molecule has 1 aliphatic rings. The van der Waals surface area contributed by atoms with Gasteiger partial charge in [0.15, 0.2) is 12.2 Å². The number of hydroxylamine groups is 1. The Balaban J connectivity index is 1.60. The molecule has 1 saturated heterocycles. The number of hydrogen-bond acceptors (Lipinski definition) is 6. The summed E-state index contributed by atoms with van der Waals surface area (Å²) in [6, 6.07) is 12.5. The Morgan fingerprint density at radius 2 is 2.00 bits per heavy atom. The van der Waals surface area contributed by atoms with Gasteiger partial charge < -0.3 is 4.42 Å². The van der Waals surface area contributed by atoms with E-state index in [1.54, 1.807) is 23.0 Å². The van der Waals surface area contributed by atoms with Gasteiger partial charge in [0.05, 0.1) is 10.9 Å². The minimum absolute atomic E-state index is 0.242. The lowest BCUT2D eigenvalue weighted by Crippen LogP contribution is -2.32. The SMILES string of the molecule is O=C(C[C@]1(c2ccc(-c3ccc(-c4cnco4)cc3)s2)CCCCS1)NO. The molecule has 2 N–H and O–H groups in total. The maximum atomic E-state index is 11.9. The van der Waals surface area contributed by atoms with Crippen molar-refractivity contribution in [2.45, 2.75) is 30.4 Å². The van der Waals surface area contributed by atoms with Crippen LogP contribution in [0.3, 0.4) is 0 Å². The second-order valence-corrected chi connectivity index (χ2v) is 9.18. The average molecular weight is 401 g/mol. The molecule has 1 atom stereocenters. The lowest BCUT2D eigenvalue weighted by Gasteiger charge is -2.35. The fourth-order valence-electron chi connectivity index (χ4n) is 3.47. The van der Waals surface area contributed by atoms with E-state index in [0.717, 1.165) is 35.5 Å². The van der Waals surface area contributed by atoms with Gasteiger partial charge in [-0.05, 0) is 36.3 Å². The molecule has 0 unspecified atom stereocenters. The molecule has 0 aliphatic carbocycles. The van der Waals surface area contributed by atoms with Gasteiger partial charge in [-0.3, -0.25) is 10.0 Å². The molecule has 1 aromatic carbocycles. The monoisotopic (exact) mass is 400 g/mol. The van der Waals surface area contributed by atoms with Gasteiger partial charge in [0.25, 0.3) is 0 Å². The standard InChI is InChI=1S/C20H20N2O3S2/c23-19(22-24)11-20(9-1-2-10-26-20)18-8-7-17(27-18)15-5-3-14(4-6-15)16-12-21-13-25-16/h3-8,12-13,24H,1-2,9-11H2,(H,22,23)/t20-/m0/s1. The molecular formula is C20H20N2O3S2. The van der Waals surface area contributed by atoms with Gasteiger partial charge in [0.1, 0.15) is 0 Å². The number of benzene rings is 1. The molecular weight excluding hydrogens is 380 g/mol. The van der Waals surface area contributed by atoms with Crippen LogP contribution in [0.15, 0.2) is 53.4 Å². The molecule has 1 aliphatic heterocycles. The molecule has 3 aromatic rings. The van der Waals surface area contributed by atoms with E-state index in [2.05, 4.69) is 29.2 Å². The molecule has 0 bridgehead atoms. The van der Waals surface area contributed by atoms with Crippen LogP contribution < -0.4 is 5.48 Å². The minimum Gasteiger partial charge on any atom is -0.444 e. The van der Waals surface area contributed by atoms with Crippen molar-refractivity contribution < 1.29 is 14.4 Å². The smallest absolute Gasteiger partial charge is 0.245 e. The van der Waals surface area contributed by atoms with Crippen molar-refractivity contribution >= 4 is 29.0 Å². The van der Waals surface area contributed by atoms with Gasteiger partial charge in [-0.15, -0.1) is 23.1 Å². The second kappa shape index (κ2) is 7.88. The predicted octanol–water partition coefficient (Wildman–Crippen LogP) is 5.08. The average Bonchev–Trinajstić information content (AvgIpc) is 3.41. The van der Waals surface area contributed by atoms with Crippen LogP contribution in [0.2, 0.25) is 0 Å². The number of oxazole rings is 1. The molecule has 27 heavy (non-hydrogen) atoms. The topological polar surface area (TPSA) is 75.4 Å². The van der Waals surface area contributed by atoms with Crippen LogP contribution in [0.4, 0.5) is 0 Å². The number of carbonyl (C=O) groups is 1. The maximum absolute atomic E-state index is 11.9. The number of nitrogens with one attached hydrogen (secondary N) is 1. The van der Waals surface area contributed by atoms with Crippen molar-refractivity contribution in [3.63, 3.8) is 0 Å². The Morgan fingerprint density at radius 1 is 1.19 bits per heavy atom. The van der Waals surface area contributed by atoms with Crippen LogP contribution in [0.5, 0.6) is 0 Å². The highest BCUT2D eigenvalue weighted by molar-refractivity contribution is 8.00. The first-order chi connectivity index (χ1) is 13.2. The molecule has 0 saturated carbocycles. The van der Waals surface area contributed by atoms with E-state index in [9.17, 15) is 4.79 Å². The number of rotatable bonds is 5. The summed E-state index contributed by atoms with van der Waals surface area (Å²) in [5, 5.41) is 9.00. The van der Waals surface area contributed by atoms with Crippen molar-refractivity contribution in [3.05, 3.63) is 53.9 Å². The Bertz CT molecular complexity index is 898. The van der Waals surface area contributed by atoms with Crippen molar-refractivity contribution in [1.82, 2.24) is 10.5 Å². The van der Waals surface area contributed by atoms with Gasteiger partial charge in [-0.2, -0.15) is 0 Å². The molecule has 0 radical (unpaired) electrons. The molecule has 2 aromatic heterocycles. The number of thioether (sulfide) groups is 1. The van der Waals surface area contributed by atoms with E-state index in [1.165, 1.54) is 22.6 Å². The number of hydrogen-bond donors (Lipinski definition) is 2. The number of thiophene rings is 1. The van der Waals surface area contributed by atoms with E-state index in [-0.39, 0.29) is 10.7 Å². The molecule has 1 fully saturated rings. The number of carbonyl (C=O) groups excluding carboxylic acids is 1. The summed E-state index contributed by atoms with van der Waals surface area (Å²) in [5.41, 5.74) is 3.93. The third-order valence-electron chi connectivity index (χ3n) is 4.87. The largest absolute Gasteiger partial charge is 0.444 e. The van der Waals surface area contributed by atoms with Crippen molar-refractivity contribution in [2.24, 2.45) is 0 Å². The van der Waals surface area contributed by atoms with Gasteiger partial charge in [-0.25, -0.2) is 10.5 Å². The highest BCUT2D eigenvalue weighted by Gasteiger charge is 2.38. The first-order valence-electron chi connectivity index (χ1n) is 8.87. The third kappa shape index (κ3) is 3.81. The van der Waals surface area contributed by atoms with Crippen LogP contribution in [0.1, 0.15) is 30.6 Å². The summed E-state index contributed by atoms with van der Waals surface area (Å²) in [4.78, 5) is 18.2. The summed E-state index contributed by atoms with van der Waals surface area (Å²) >= 11 is 3.56. The fourth-order valence-corrected chi connectivity index (χ4v) is 6.36. The van der Waals surface area contributed by atoms with E-state index in [4.69, 9.17) is 9.62 Å². The zero-order chi connectivity index (χ0) is 18.7. The van der Waals surface area contributed by atoms with Crippen molar-refractivity contribution in [2.75, 3.05) is 5.75 Å². The van der Waals surface area contributed by atoms with Crippen LogP contribution in [-0.4, -0.2) is 21.9 Å².